The van der Waals surface area contributed by atoms with E-state index >= 15 is 0 Å². The molecule has 0 N–H and O–H groups in total. The summed E-state index contributed by atoms with van der Waals surface area (Å²) in [5, 5.41) is 0.764. The van der Waals surface area contributed by atoms with Gasteiger partial charge in [-0.05, 0) is 60.2 Å². The molecule has 10 heteroatoms. The van der Waals surface area contributed by atoms with Crippen LogP contribution in [0.5, 0.6) is 0 Å². The van der Waals surface area contributed by atoms with Crippen molar-refractivity contribution in [3.63, 3.8) is 0 Å². The van der Waals surface area contributed by atoms with Crippen molar-refractivity contribution in [3.05, 3.63) is 16.8 Å². The minimum Gasteiger partial charge on any atom is -0.416 e. The summed E-state index contributed by atoms with van der Waals surface area (Å²) in [4.78, 5) is 12.8. The number of halogens is 2. The number of nitrogens with zero attached hydrogens (tertiary/aromatic N) is 4. The van der Waals surface area contributed by atoms with Crippen molar-refractivity contribution in [1.29, 1.82) is 0 Å². The molecule has 1 fully saturated rings. The van der Waals surface area contributed by atoms with Crippen molar-refractivity contribution in [1.82, 2.24) is 19.5 Å². The van der Waals surface area contributed by atoms with Crippen molar-refractivity contribution in [3.8, 4) is 0 Å². The van der Waals surface area contributed by atoms with Crippen LogP contribution in [0, 0.1) is 11.3 Å². The first kappa shape index (κ1) is 27.1. The number of hydrogen-bond donors (Lipinski definition) is 0. The van der Waals surface area contributed by atoms with Crippen LogP contribution in [0.3, 0.4) is 0 Å². The molecular weight excluding hydrogens is 491 g/mol. The summed E-state index contributed by atoms with van der Waals surface area (Å²) in [6.45, 7) is 25.2. The normalized spacial score (nSPS) is 19.3. The summed E-state index contributed by atoms with van der Waals surface area (Å²) in [6.07, 6.45) is 2.84. The molecule has 2 aromatic rings. The SMILES string of the molecule is CC(C)(C)[Si](C)(C)OCC1(CO[Si](C)(C)C(C)(C)C)CC1Cn1cnc2c(Cl)nc(Cl)nc21. The topological polar surface area (TPSA) is 62.1 Å². The van der Waals surface area contributed by atoms with Gasteiger partial charge in [-0.3, -0.25) is 0 Å². The van der Waals surface area contributed by atoms with Gasteiger partial charge in [0, 0.05) is 25.2 Å². The molecule has 0 amide bonds. The molecule has 3 rings (SSSR count). The van der Waals surface area contributed by atoms with Gasteiger partial charge in [0.15, 0.2) is 27.4 Å². The molecule has 0 saturated heterocycles. The smallest absolute Gasteiger partial charge is 0.225 e. The predicted molar refractivity (Wildman–Crippen MR) is 142 cm³/mol. The summed E-state index contributed by atoms with van der Waals surface area (Å²) in [5.41, 5.74) is 1.27. The molecule has 1 aliphatic carbocycles. The van der Waals surface area contributed by atoms with Crippen LogP contribution >= 0.6 is 23.2 Å². The molecule has 1 atom stereocenters. The second-order valence-electron chi connectivity index (χ2n) is 12.7. The zero-order valence-electron chi connectivity index (χ0n) is 21.8. The molecule has 0 radical (unpaired) electrons. The quantitative estimate of drug-likeness (QED) is 0.205. The lowest BCUT2D eigenvalue weighted by Crippen LogP contribution is -2.45. The van der Waals surface area contributed by atoms with E-state index in [-0.39, 0.29) is 25.9 Å². The third kappa shape index (κ3) is 5.67. The van der Waals surface area contributed by atoms with E-state index in [2.05, 4.69) is 82.7 Å². The van der Waals surface area contributed by atoms with Gasteiger partial charge in [0.2, 0.25) is 5.28 Å². The minimum atomic E-state index is -1.87. The van der Waals surface area contributed by atoms with Crippen LogP contribution in [-0.4, -0.2) is 49.4 Å². The first-order chi connectivity index (χ1) is 14.9. The highest BCUT2D eigenvalue weighted by Crippen LogP contribution is 2.56. The molecule has 0 spiro atoms. The number of hydrogen-bond acceptors (Lipinski definition) is 5. The molecule has 2 aromatic heterocycles. The largest absolute Gasteiger partial charge is 0.416 e. The molecule has 0 bridgehead atoms. The Morgan fingerprint density at radius 3 is 1.97 bits per heavy atom. The number of aromatic nitrogens is 4. The molecule has 33 heavy (non-hydrogen) atoms. The van der Waals surface area contributed by atoms with E-state index in [4.69, 9.17) is 32.1 Å². The average molecular weight is 532 g/mol. The zero-order valence-corrected chi connectivity index (χ0v) is 25.4. The molecular formula is C23H40Cl2N4O2Si2. The third-order valence-corrected chi connectivity index (χ3v) is 17.6. The summed E-state index contributed by atoms with van der Waals surface area (Å²) in [6, 6.07) is 0. The standard InChI is InChI=1S/C23H40Cl2N4O2Si2/c1-21(2,3)32(7,8)30-13-23(14-31-33(9,10)22(4,5)6)11-16(23)12-29-15-26-17-18(24)27-20(25)28-19(17)29/h15-16H,11-14H2,1-10H3. The zero-order chi connectivity index (χ0) is 25.0. The van der Waals surface area contributed by atoms with Crippen LogP contribution in [0.25, 0.3) is 11.2 Å². The first-order valence-corrected chi connectivity index (χ1v) is 18.3. The van der Waals surface area contributed by atoms with E-state index in [9.17, 15) is 0 Å². The molecule has 186 valence electrons. The third-order valence-electron chi connectivity index (χ3n) is 8.22. The molecule has 0 aromatic carbocycles. The van der Waals surface area contributed by atoms with Crippen LogP contribution in [0.15, 0.2) is 6.33 Å². The monoisotopic (exact) mass is 530 g/mol. The maximum Gasteiger partial charge on any atom is 0.225 e. The van der Waals surface area contributed by atoms with Crippen LogP contribution in [-0.2, 0) is 15.4 Å². The van der Waals surface area contributed by atoms with Crippen molar-refractivity contribution in [2.45, 2.75) is 90.8 Å². The fourth-order valence-corrected chi connectivity index (χ4v) is 6.01. The Kier molecular flexibility index (Phi) is 7.26. The minimum absolute atomic E-state index is 0.00224. The number of imidazole rings is 1. The Labute approximate surface area is 211 Å². The van der Waals surface area contributed by atoms with E-state index < -0.39 is 16.6 Å². The number of fused-ring (bicyclic) bond motifs is 1. The van der Waals surface area contributed by atoms with E-state index in [0.29, 0.717) is 17.1 Å². The van der Waals surface area contributed by atoms with Crippen LogP contribution in [0.2, 0.25) is 46.7 Å². The summed E-state index contributed by atoms with van der Waals surface area (Å²) < 4.78 is 15.5. The van der Waals surface area contributed by atoms with Crippen LogP contribution in [0.1, 0.15) is 48.0 Å². The molecule has 0 aliphatic heterocycles. The van der Waals surface area contributed by atoms with Gasteiger partial charge in [-0.15, -0.1) is 0 Å². The fraction of sp³-hybridized carbons (Fsp3) is 0.783. The van der Waals surface area contributed by atoms with Gasteiger partial charge in [0.25, 0.3) is 0 Å². The lowest BCUT2D eigenvalue weighted by atomic mass is 10.1. The van der Waals surface area contributed by atoms with E-state index in [1.54, 1.807) is 6.33 Å². The lowest BCUT2D eigenvalue weighted by Gasteiger charge is -2.40. The van der Waals surface area contributed by atoms with Gasteiger partial charge in [-0.1, -0.05) is 53.1 Å². The van der Waals surface area contributed by atoms with Crippen LogP contribution < -0.4 is 0 Å². The van der Waals surface area contributed by atoms with Crippen LogP contribution in [0.4, 0.5) is 0 Å². The van der Waals surface area contributed by atoms with Crippen molar-refractivity contribution in [2.24, 2.45) is 11.3 Å². The maximum atomic E-state index is 6.73. The fourth-order valence-electron chi connectivity index (χ4n) is 3.42. The Balaban J connectivity index is 1.82. The Morgan fingerprint density at radius 2 is 1.48 bits per heavy atom. The highest BCUT2D eigenvalue weighted by atomic mass is 35.5. The average Bonchev–Trinajstić information content (AvgIpc) is 3.18. The van der Waals surface area contributed by atoms with Gasteiger partial charge in [0.05, 0.1) is 6.33 Å². The molecule has 1 saturated carbocycles. The highest BCUT2D eigenvalue weighted by Gasteiger charge is 2.57. The van der Waals surface area contributed by atoms with Crippen molar-refractivity contribution < 1.29 is 8.85 Å². The van der Waals surface area contributed by atoms with Gasteiger partial charge in [-0.2, -0.15) is 4.98 Å². The van der Waals surface area contributed by atoms with Crippen molar-refractivity contribution in [2.75, 3.05) is 13.2 Å². The summed E-state index contributed by atoms with van der Waals surface area (Å²) in [7, 11) is -3.74. The van der Waals surface area contributed by atoms with Gasteiger partial charge < -0.3 is 13.4 Å². The molecule has 1 aliphatic rings. The van der Waals surface area contributed by atoms with Gasteiger partial charge >= 0.3 is 0 Å². The van der Waals surface area contributed by atoms with E-state index in [0.717, 1.165) is 26.2 Å². The van der Waals surface area contributed by atoms with Crippen molar-refractivity contribution >= 4 is 51.0 Å². The lowest BCUT2D eigenvalue weighted by molar-refractivity contribution is 0.127. The molecule has 6 nitrogen and oxygen atoms in total. The summed E-state index contributed by atoms with van der Waals surface area (Å²) >= 11 is 12.3. The predicted octanol–water partition coefficient (Wildman–Crippen LogP) is 7.18. The second kappa shape index (κ2) is 8.85. The Hall–Kier alpha value is -0.516. The second-order valence-corrected chi connectivity index (χ2v) is 23.0. The molecule has 1 unspecified atom stereocenters. The Morgan fingerprint density at radius 1 is 0.970 bits per heavy atom. The van der Waals surface area contributed by atoms with Gasteiger partial charge in [-0.25, -0.2) is 9.97 Å². The molecule has 2 heterocycles. The Bertz CT molecular complexity index is 982. The van der Waals surface area contributed by atoms with E-state index in [1.165, 1.54) is 0 Å². The first-order valence-electron chi connectivity index (χ1n) is 11.7. The van der Waals surface area contributed by atoms with E-state index in [1.807, 2.05) is 4.57 Å². The number of rotatable bonds is 8. The van der Waals surface area contributed by atoms with Gasteiger partial charge in [0.1, 0.15) is 5.52 Å². The summed E-state index contributed by atoms with van der Waals surface area (Å²) in [5.74, 6) is 0.414. The highest BCUT2D eigenvalue weighted by molar-refractivity contribution is 6.74. The maximum absolute atomic E-state index is 6.73.